The number of pyridine rings is 1. The molecule has 4 rings (SSSR count). The lowest BCUT2D eigenvalue weighted by molar-refractivity contribution is 0.0695. The molecular weight excluding hydrogens is 340 g/mol. The first kappa shape index (κ1) is 16.4. The smallest absolute Gasteiger partial charge is 0.341 e. The number of hydrogen-bond acceptors (Lipinski definition) is 2. The number of aryl methyl sites for hydroxylation is 1. The Morgan fingerprint density at radius 1 is 1.19 bits per heavy atom. The van der Waals surface area contributed by atoms with E-state index >= 15 is 0 Å². The van der Waals surface area contributed by atoms with Crippen molar-refractivity contribution in [2.24, 2.45) is 0 Å². The van der Waals surface area contributed by atoms with Crippen LogP contribution in [0.5, 0.6) is 0 Å². The summed E-state index contributed by atoms with van der Waals surface area (Å²) in [5, 5.41) is 9.37. The van der Waals surface area contributed by atoms with Crippen LogP contribution in [-0.4, -0.2) is 15.6 Å². The molecule has 2 aromatic carbocycles. The van der Waals surface area contributed by atoms with E-state index in [1.54, 1.807) is 6.92 Å². The van der Waals surface area contributed by atoms with Crippen LogP contribution in [0.25, 0.3) is 16.6 Å². The van der Waals surface area contributed by atoms with Crippen LogP contribution in [0.4, 0.5) is 8.78 Å². The molecule has 0 bridgehead atoms. The SMILES string of the molecule is Cc1c(C2CC2)c(F)cc2c(=O)c(C(=O)O)cn(-c3ccc(F)cc3)c12. The minimum atomic E-state index is -1.39. The first-order valence-corrected chi connectivity index (χ1v) is 8.26. The van der Waals surface area contributed by atoms with E-state index in [0.29, 0.717) is 22.3 Å². The minimum absolute atomic E-state index is 0.00799. The Balaban J connectivity index is 2.16. The van der Waals surface area contributed by atoms with E-state index in [1.807, 2.05) is 0 Å². The fourth-order valence-electron chi connectivity index (χ4n) is 3.49. The number of fused-ring (bicyclic) bond motifs is 1. The molecular formula is C20H15F2NO3. The minimum Gasteiger partial charge on any atom is -0.477 e. The highest BCUT2D eigenvalue weighted by Gasteiger charge is 2.30. The molecule has 1 aliphatic carbocycles. The van der Waals surface area contributed by atoms with Gasteiger partial charge in [0.05, 0.1) is 10.9 Å². The summed E-state index contributed by atoms with van der Waals surface area (Å²) in [6.45, 7) is 1.74. The molecule has 0 atom stereocenters. The van der Waals surface area contributed by atoms with Gasteiger partial charge in [-0.1, -0.05) is 0 Å². The largest absolute Gasteiger partial charge is 0.477 e. The first-order chi connectivity index (χ1) is 12.4. The van der Waals surface area contributed by atoms with Crippen LogP contribution >= 0.6 is 0 Å². The van der Waals surface area contributed by atoms with Gasteiger partial charge >= 0.3 is 5.97 Å². The Bertz CT molecular complexity index is 1110. The maximum Gasteiger partial charge on any atom is 0.341 e. The third kappa shape index (κ3) is 2.49. The number of carboxylic acids is 1. The third-order valence-corrected chi connectivity index (χ3v) is 4.85. The van der Waals surface area contributed by atoms with Crippen LogP contribution in [0.15, 0.2) is 41.3 Å². The number of benzene rings is 2. The number of aromatic nitrogens is 1. The molecule has 3 aromatic rings. The van der Waals surface area contributed by atoms with Crippen LogP contribution < -0.4 is 5.43 Å². The van der Waals surface area contributed by atoms with Crippen molar-refractivity contribution < 1.29 is 18.7 Å². The van der Waals surface area contributed by atoms with Gasteiger partial charge < -0.3 is 9.67 Å². The number of carbonyl (C=O) groups is 1. The van der Waals surface area contributed by atoms with E-state index in [9.17, 15) is 23.5 Å². The number of hydrogen-bond donors (Lipinski definition) is 1. The molecule has 4 nitrogen and oxygen atoms in total. The van der Waals surface area contributed by atoms with E-state index in [1.165, 1.54) is 35.0 Å². The molecule has 6 heteroatoms. The zero-order valence-corrected chi connectivity index (χ0v) is 13.9. The maximum atomic E-state index is 14.6. The summed E-state index contributed by atoms with van der Waals surface area (Å²) < 4.78 is 29.4. The van der Waals surface area contributed by atoms with Crippen molar-refractivity contribution in [2.75, 3.05) is 0 Å². The van der Waals surface area contributed by atoms with Gasteiger partial charge in [-0.25, -0.2) is 13.6 Å². The summed E-state index contributed by atoms with van der Waals surface area (Å²) >= 11 is 0. The molecule has 1 aromatic heterocycles. The monoisotopic (exact) mass is 355 g/mol. The quantitative estimate of drug-likeness (QED) is 0.768. The second kappa shape index (κ2) is 5.76. The van der Waals surface area contributed by atoms with E-state index in [-0.39, 0.29) is 11.3 Å². The molecule has 26 heavy (non-hydrogen) atoms. The molecule has 1 saturated carbocycles. The van der Waals surface area contributed by atoms with E-state index in [2.05, 4.69) is 0 Å². The third-order valence-electron chi connectivity index (χ3n) is 4.85. The van der Waals surface area contributed by atoms with Gasteiger partial charge in [-0.15, -0.1) is 0 Å². The number of rotatable bonds is 3. The molecule has 1 fully saturated rings. The molecule has 0 radical (unpaired) electrons. The van der Waals surface area contributed by atoms with E-state index < -0.39 is 28.6 Å². The molecule has 0 unspecified atom stereocenters. The van der Waals surface area contributed by atoms with Crippen LogP contribution in [-0.2, 0) is 0 Å². The molecule has 0 aliphatic heterocycles. The summed E-state index contributed by atoms with van der Waals surface area (Å²) in [6.07, 6.45) is 3.00. The molecule has 1 aliphatic rings. The van der Waals surface area contributed by atoms with Gasteiger partial charge in [0.25, 0.3) is 0 Å². The fourth-order valence-corrected chi connectivity index (χ4v) is 3.49. The maximum absolute atomic E-state index is 14.6. The zero-order valence-electron chi connectivity index (χ0n) is 13.9. The van der Waals surface area contributed by atoms with Crippen molar-refractivity contribution in [3.8, 4) is 5.69 Å². The number of aromatic carboxylic acids is 1. The average Bonchev–Trinajstić information content (AvgIpc) is 3.41. The topological polar surface area (TPSA) is 59.3 Å². The van der Waals surface area contributed by atoms with Gasteiger partial charge in [0, 0.05) is 11.9 Å². The Labute approximate surface area is 147 Å². The van der Waals surface area contributed by atoms with Crippen LogP contribution in [0.2, 0.25) is 0 Å². The van der Waals surface area contributed by atoms with Crippen LogP contribution in [0.1, 0.15) is 40.2 Å². The van der Waals surface area contributed by atoms with Crippen molar-refractivity contribution in [2.45, 2.75) is 25.7 Å². The number of carboxylic acid groups (broad SMARTS) is 1. The summed E-state index contributed by atoms with van der Waals surface area (Å²) in [5.41, 5.74) is 0.942. The van der Waals surface area contributed by atoms with Crippen molar-refractivity contribution in [3.05, 3.63) is 75.1 Å². The summed E-state index contributed by atoms with van der Waals surface area (Å²) in [6, 6.07) is 6.61. The Morgan fingerprint density at radius 2 is 1.85 bits per heavy atom. The summed E-state index contributed by atoms with van der Waals surface area (Å²) in [4.78, 5) is 24.1. The van der Waals surface area contributed by atoms with Crippen LogP contribution in [0, 0.1) is 18.6 Å². The number of nitrogens with zero attached hydrogens (tertiary/aromatic N) is 1. The molecule has 0 spiro atoms. The second-order valence-corrected chi connectivity index (χ2v) is 6.59. The molecule has 132 valence electrons. The summed E-state index contributed by atoms with van der Waals surface area (Å²) in [5.74, 6) is -2.19. The first-order valence-electron chi connectivity index (χ1n) is 8.26. The van der Waals surface area contributed by atoms with Gasteiger partial charge in [0.15, 0.2) is 0 Å². The standard InChI is InChI=1S/C20H15F2NO3/c1-10-17(11-2-3-11)16(22)8-14-18(10)23(9-15(19(14)24)20(25)26)13-6-4-12(21)5-7-13/h4-9,11H,2-3H2,1H3,(H,25,26). The number of halogens is 2. The second-order valence-electron chi connectivity index (χ2n) is 6.59. The molecule has 0 saturated heterocycles. The van der Waals surface area contributed by atoms with E-state index in [4.69, 9.17) is 0 Å². The van der Waals surface area contributed by atoms with Gasteiger partial charge in [-0.05, 0) is 67.1 Å². The lowest BCUT2D eigenvalue weighted by Crippen LogP contribution is -2.19. The highest BCUT2D eigenvalue weighted by molar-refractivity contribution is 5.94. The Morgan fingerprint density at radius 3 is 2.42 bits per heavy atom. The highest BCUT2D eigenvalue weighted by Crippen LogP contribution is 2.44. The lowest BCUT2D eigenvalue weighted by atomic mass is 9.98. The predicted octanol–water partition coefficient (Wildman–Crippen LogP) is 4.15. The zero-order chi connectivity index (χ0) is 18.6. The highest BCUT2D eigenvalue weighted by atomic mass is 19.1. The van der Waals surface area contributed by atoms with Crippen LogP contribution in [0.3, 0.4) is 0 Å². The van der Waals surface area contributed by atoms with Gasteiger partial charge in [-0.2, -0.15) is 0 Å². The average molecular weight is 355 g/mol. The lowest BCUT2D eigenvalue weighted by Gasteiger charge is -2.17. The van der Waals surface area contributed by atoms with Crippen molar-refractivity contribution in [3.63, 3.8) is 0 Å². The molecule has 0 amide bonds. The Hall–Kier alpha value is -3.02. The van der Waals surface area contributed by atoms with Crippen molar-refractivity contribution in [1.82, 2.24) is 4.57 Å². The molecule has 1 N–H and O–H groups in total. The van der Waals surface area contributed by atoms with Gasteiger partial charge in [0.1, 0.15) is 17.2 Å². The van der Waals surface area contributed by atoms with E-state index in [0.717, 1.165) is 18.9 Å². The van der Waals surface area contributed by atoms with Gasteiger partial charge in [-0.3, -0.25) is 4.79 Å². The summed E-state index contributed by atoms with van der Waals surface area (Å²) in [7, 11) is 0. The normalized spacial score (nSPS) is 14.0. The predicted molar refractivity (Wildman–Crippen MR) is 93.1 cm³/mol. The van der Waals surface area contributed by atoms with Gasteiger partial charge in [0.2, 0.25) is 5.43 Å². The molecule has 1 heterocycles. The van der Waals surface area contributed by atoms with Crippen molar-refractivity contribution in [1.29, 1.82) is 0 Å². The Kier molecular flexibility index (Phi) is 3.64. The van der Waals surface area contributed by atoms with Crippen molar-refractivity contribution >= 4 is 16.9 Å². The fraction of sp³-hybridized carbons (Fsp3) is 0.200.